The van der Waals surface area contributed by atoms with Gasteiger partial charge in [-0.3, -0.25) is 4.68 Å². The molecule has 7 nitrogen and oxygen atoms in total. The van der Waals surface area contributed by atoms with E-state index in [4.69, 9.17) is 4.74 Å². The molecule has 2 N–H and O–H groups in total. The highest BCUT2D eigenvalue weighted by Gasteiger charge is 2.25. The van der Waals surface area contributed by atoms with Gasteiger partial charge in [0, 0.05) is 19.7 Å². The lowest BCUT2D eigenvalue weighted by Crippen LogP contribution is -2.36. The minimum Gasteiger partial charge on any atom is -0.383 e. The number of aryl methyl sites for hydroxylation is 2. The van der Waals surface area contributed by atoms with Crippen molar-refractivity contribution in [1.82, 2.24) is 19.8 Å². The van der Waals surface area contributed by atoms with Crippen molar-refractivity contribution in [2.24, 2.45) is 0 Å². The Kier molecular flexibility index (Phi) is 6.79. The molecule has 122 valence electrons. The molecule has 0 aliphatic carbocycles. The van der Waals surface area contributed by atoms with Crippen LogP contribution in [0.5, 0.6) is 0 Å². The van der Waals surface area contributed by atoms with Crippen molar-refractivity contribution >= 4 is 10.0 Å². The number of sulfonamides is 1. The zero-order valence-electron chi connectivity index (χ0n) is 13.4. The number of nitrogens with one attached hydrogen (secondary N) is 2. The lowest BCUT2D eigenvalue weighted by Gasteiger charge is -2.13. The third-order valence-corrected chi connectivity index (χ3v) is 4.99. The molecular weight excluding hydrogens is 292 g/mol. The first-order chi connectivity index (χ1) is 9.83. The van der Waals surface area contributed by atoms with E-state index in [0.29, 0.717) is 24.5 Å². The second-order valence-corrected chi connectivity index (χ2v) is 6.81. The molecule has 1 aromatic heterocycles. The van der Waals surface area contributed by atoms with Crippen LogP contribution in [0.2, 0.25) is 0 Å². The molecule has 1 unspecified atom stereocenters. The number of hydrogen-bond donors (Lipinski definition) is 2. The molecule has 0 fully saturated rings. The number of methoxy groups -OCH3 is 1. The Morgan fingerprint density at radius 2 is 2.05 bits per heavy atom. The lowest BCUT2D eigenvalue weighted by molar-refractivity contribution is 0.180. The van der Waals surface area contributed by atoms with E-state index in [1.807, 2.05) is 7.05 Å². The summed E-state index contributed by atoms with van der Waals surface area (Å²) >= 11 is 0. The van der Waals surface area contributed by atoms with E-state index in [1.165, 1.54) is 0 Å². The molecule has 1 atom stereocenters. The van der Waals surface area contributed by atoms with Gasteiger partial charge in [0.25, 0.3) is 0 Å². The maximum Gasteiger partial charge on any atom is 0.244 e. The molecule has 8 heteroatoms. The minimum atomic E-state index is -3.58. The molecule has 0 bridgehead atoms. The van der Waals surface area contributed by atoms with E-state index in [9.17, 15) is 8.42 Å². The van der Waals surface area contributed by atoms with Crippen LogP contribution >= 0.6 is 0 Å². The first-order valence-corrected chi connectivity index (χ1v) is 8.51. The topological polar surface area (TPSA) is 85.2 Å². The molecule has 21 heavy (non-hydrogen) atoms. The monoisotopic (exact) mass is 318 g/mol. The van der Waals surface area contributed by atoms with E-state index in [1.54, 1.807) is 32.6 Å². The van der Waals surface area contributed by atoms with E-state index in [0.717, 1.165) is 13.0 Å². The van der Waals surface area contributed by atoms with Gasteiger partial charge in [0.05, 0.1) is 18.0 Å². The Balaban J connectivity index is 2.96. The molecule has 0 spiro atoms. The van der Waals surface area contributed by atoms with Crippen molar-refractivity contribution in [3.05, 3.63) is 11.4 Å². The van der Waals surface area contributed by atoms with Crippen LogP contribution in [0.25, 0.3) is 0 Å². The molecule has 0 saturated carbocycles. The fraction of sp³-hybridized carbons (Fsp3) is 0.769. The van der Waals surface area contributed by atoms with E-state index in [2.05, 4.69) is 15.1 Å². The molecule has 0 saturated heterocycles. The standard InChI is InChI=1S/C13H26N4O3S/c1-10(9-20-5)16-21(18,19)13-11(2)15-17(12(13)3)8-6-7-14-4/h10,14,16H,6-9H2,1-5H3. The van der Waals surface area contributed by atoms with Gasteiger partial charge in [-0.1, -0.05) is 0 Å². The summed E-state index contributed by atoms with van der Waals surface area (Å²) in [4.78, 5) is 0.273. The van der Waals surface area contributed by atoms with Crippen molar-refractivity contribution < 1.29 is 13.2 Å². The molecule has 1 rings (SSSR count). The van der Waals surface area contributed by atoms with E-state index in [-0.39, 0.29) is 10.9 Å². The van der Waals surface area contributed by atoms with Gasteiger partial charge >= 0.3 is 0 Å². The second-order valence-electron chi connectivity index (χ2n) is 5.16. The molecule has 0 aliphatic rings. The number of hydrogen-bond acceptors (Lipinski definition) is 5. The predicted octanol–water partition coefficient (Wildman–Crippen LogP) is 0.423. The summed E-state index contributed by atoms with van der Waals surface area (Å²) in [5.41, 5.74) is 1.19. The quantitative estimate of drug-likeness (QED) is 0.645. The van der Waals surface area contributed by atoms with Gasteiger partial charge in [-0.05, 0) is 40.8 Å². The Morgan fingerprint density at radius 3 is 2.62 bits per heavy atom. The van der Waals surface area contributed by atoms with Gasteiger partial charge in [-0.15, -0.1) is 0 Å². The highest BCUT2D eigenvalue weighted by atomic mass is 32.2. The average molecular weight is 318 g/mol. The second kappa shape index (κ2) is 7.88. The average Bonchev–Trinajstić information content (AvgIpc) is 2.65. The third kappa shape index (κ3) is 4.77. The van der Waals surface area contributed by atoms with Crippen molar-refractivity contribution in [3.63, 3.8) is 0 Å². The fourth-order valence-corrected chi connectivity index (χ4v) is 3.94. The number of nitrogens with zero attached hydrogens (tertiary/aromatic N) is 2. The van der Waals surface area contributed by atoms with Crippen LogP contribution in [-0.2, 0) is 21.3 Å². The predicted molar refractivity (Wildman–Crippen MR) is 81.9 cm³/mol. The van der Waals surface area contributed by atoms with Crippen molar-refractivity contribution in [2.45, 2.75) is 44.7 Å². The van der Waals surface area contributed by atoms with Crippen LogP contribution in [0.15, 0.2) is 4.90 Å². The molecule has 1 heterocycles. The molecule has 0 radical (unpaired) electrons. The summed E-state index contributed by atoms with van der Waals surface area (Å²) in [5, 5.41) is 7.40. The highest BCUT2D eigenvalue weighted by Crippen LogP contribution is 2.19. The summed E-state index contributed by atoms with van der Waals surface area (Å²) in [6, 6.07) is -0.286. The van der Waals surface area contributed by atoms with Gasteiger partial charge in [0.15, 0.2) is 0 Å². The van der Waals surface area contributed by atoms with E-state index < -0.39 is 10.0 Å². The SMILES string of the molecule is CNCCCn1nc(C)c(S(=O)(=O)NC(C)COC)c1C. The zero-order chi connectivity index (χ0) is 16.0. The Morgan fingerprint density at radius 1 is 1.38 bits per heavy atom. The first-order valence-electron chi connectivity index (χ1n) is 7.03. The summed E-state index contributed by atoms with van der Waals surface area (Å²) in [5.74, 6) is 0. The third-order valence-electron chi connectivity index (χ3n) is 3.15. The summed E-state index contributed by atoms with van der Waals surface area (Å²) in [6.07, 6.45) is 0.894. The molecular formula is C13H26N4O3S. The van der Waals surface area contributed by atoms with E-state index >= 15 is 0 Å². The normalized spacial score (nSPS) is 13.6. The van der Waals surface area contributed by atoms with Crippen LogP contribution in [0.1, 0.15) is 24.7 Å². The van der Waals surface area contributed by atoms with Gasteiger partial charge in [-0.25, -0.2) is 13.1 Å². The van der Waals surface area contributed by atoms with Gasteiger partial charge < -0.3 is 10.1 Å². The maximum atomic E-state index is 12.5. The molecule has 0 aromatic carbocycles. The fourth-order valence-electron chi connectivity index (χ4n) is 2.30. The van der Waals surface area contributed by atoms with Gasteiger partial charge in [-0.2, -0.15) is 5.10 Å². The summed E-state index contributed by atoms with van der Waals surface area (Å²) < 4.78 is 34.3. The Bertz CT molecular complexity index is 554. The van der Waals surface area contributed by atoms with Crippen LogP contribution in [-0.4, -0.2) is 51.5 Å². The smallest absolute Gasteiger partial charge is 0.244 e. The summed E-state index contributed by atoms with van der Waals surface area (Å²) in [7, 11) is -0.152. The number of rotatable bonds is 9. The van der Waals surface area contributed by atoms with Crippen molar-refractivity contribution in [3.8, 4) is 0 Å². The molecule has 0 amide bonds. The largest absolute Gasteiger partial charge is 0.383 e. The van der Waals surface area contributed by atoms with Crippen LogP contribution in [0.3, 0.4) is 0 Å². The van der Waals surface area contributed by atoms with Crippen LogP contribution in [0, 0.1) is 13.8 Å². The number of ether oxygens (including phenoxy) is 1. The maximum absolute atomic E-state index is 12.5. The Hall–Kier alpha value is -0.960. The minimum absolute atomic E-state index is 0.273. The van der Waals surface area contributed by atoms with Crippen molar-refractivity contribution in [2.75, 3.05) is 27.3 Å². The lowest BCUT2D eigenvalue weighted by atomic mass is 10.4. The summed E-state index contributed by atoms with van der Waals surface area (Å²) in [6.45, 7) is 7.16. The van der Waals surface area contributed by atoms with Crippen LogP contribution < -0.4 is 10.0 Å². The number of aromatic nitrogens is 2. The van der Waals surface area contributed by atoms with Crippen LogP contribution in [0.4, 0.5) is 0 Å². The highest BCUT2D eigenvalue weighted by molar-refractivity contribution is 7.89. The molecule has 0 aliphatic heterocycles. The van der Waals surface area contributed by atoms with Gasteiger partial charge in [0.1, 0.15) is 4.90 Å². The van der Waals surface area contributed by atoms with Crippen molar-refractivity contribution in [1.29, 1.82) is 0 Å². The molecule has 1 aromatic rings. The zero-order valence-corrected chi connectivity index (χ0v) is 14.2. The Labute approximate surface area is 127 Å². The first kappa shape index (κ1) is 18.1. The van der Waals surface area contributed by atoms with Gasteiger partial charge in [0.2, 0.25) is 10.0 Å².